The van der Waals surface area contributed by atoms with Crippen molar-refractivity contribution >= 4 is 40.2 Å². The van der Waals surface area contributed by atoms with Crippen molar-refractivity contribution in [3.05, 3.63) is 33.1 Å². The Morgan fingerprint density at radius 2 is 2.00 bits per heavy atom. The molecule has 5 nitrogen and oxygen atoms in total. The second-order valence-electron chi connectivity index (χ2n) is 3.61. The zero-order valence-electron chi connectivity index (χ0n) is 9.30. The Hall–Kier alpha value is -1.63. The number of aromatic nitrogens is 3. The standard InChI is InChI=1S/C11H6Cl2N4OS/c12-5-1-2-6(13)9(14)8(5)11-16-10(17-18-11)7-3-19-4-15-7/h1-4H,14H2. The Morgan fingerprint density at radius 1 is 1.21 bits per heavy atom. The lowest BCUT2D eigenvalue weighted by Crippen LogP contribution is -1.92. The van der Waals surface area contributed by atoms with Gasteiger partial charge < -0.3 is 10.3 Å². The molecule has 0 fully saturated rings. The molecule has 2 aromatic heterocycles. The van der Waals surface area contributed by atoms with Gasteiger partial charge in [0.1, 0.15) is 5.69 Å². The Morgan fingerprint density at radius 3 is 2.74 bits per heavy atom. The van der Waals surface area contributed by atoms with Crippen molar-refractivity contribution in [3.8, 4) is 23.0 Å². The number of nitrogens with zero attached hydrogens (tertiary/aromatic N) is 3. The minimum atomic E-state index is 0.216. The lowest BCUT2D eigenvalue weighted by atomic mass is 10.2. The van der Waals surface area contributed by atoms with E-state index in [0.29, 0.717) is 32.8 Å². The van der Waals surface area contributed by atoms with Crippen LogP contribution >= 0.6 is 34.5 Å². The molecular weight excluding hydrogens is 307 g/mol. The molecule has 1 aromatic carbocycles. The third kappa shape index (κ3) is 2.18. The van der Waals surface area contributed by atoms with Gasteiger partial charge in [-0.25, -0.2) is 4.98 Å². The first-order valence-electron chi connectivity index (χ1n) is 5.13. The largest absolute Gasteiger partial charge is 0.397 e. The van der Waals surface area contributed by atoms with E-state index in [0.717, 1.165) is 0 Å². The van der Waals surface area contributed by atoms with Gasteiger partial charge in [0.05, 0.1) is 26.8 Å². The number of hydrogen-bond acceptors (Lipinski definition) is 6. The Balaban J connectivity index is 2.11. The normalized spacial score (nSPS) is 10.8. The molecule has 0 radical (unpaired) electrons. The molecule has 0 unspecified atom stereocenters. The number of hydrogen-bond donors (Lipinski definition) is 1. The number of rotatable bonds is 2. The molecule has 0 aliphatic carbocycles. The van der Waals surface area contributed by atoms with Crippen molar-refractivity contribution in [2.45, 2.75) is 0 Å². The minimum absolute atomic E-state index is 0.216. The highest BCUT2D eigenvalue weighted by Crippen LogP contribution is 2.37. The van der Waals surface area contributed by atoms with E-state index in [4.69, 9.17) is 33.5 Å². The molecule has 8 heteroatoms. The minimum Gasteiger partial charge on any atom is -0.397 e. The van der Waals surface area contributed by atoms with Crippen LogP contribution in [0.15, 0.2) is 27.5 Å². The molecule has 19 heavy (non-hydrogen) atoms. The second-order valence-corrected chi connectivity index (χ2v) is 5.15. The number of benzene rings is 1. The summed E-state index contributed by atoms with van der Waals surface area (Å²) in [7, 11) is 0. The zero-order valence-corrected chi connectivity index (χ0v) is 11.6. The Labute approximate surface area is 122 Å². The van der Waals surface area contributed by atoms with E-state index < -0.39 is 0 Å². The van der Waals surface area contributed by atoms with Crippen LogP contribution in [0.1, 0.15) is 0 Å². The van der Waals surface area contributed by atoms with Gasteiger partial charge in [-0.15, -0.1) is 11.3 Å². The van der Waals surface area contributed by atoms with Crippen molar-refractivity contribution in [2.75, 3.05) is 5.73 Å². The van der Waals surface area contributed by atoms with Gasteiger partial charge >= 0.3 is 0 Å². The molecule has 3 aromatic rings. The smallest absolute Gasteiger partial charge is 0.261 e. The molecule has 0 bridgehead atoms. The SMILES string of the molecule is Nc1c(Cl)ccc(Cl)c1-c1nc(-c2cscn2)no1. The molecule has 0 aliphatic heterocycles. The third-order valence-electron chi connectivity index (χ3n) is 2.44. The first-order valence-corrected chi connectivity index (χ1v) is 6.83. The molecule has 2 N–H and O–H groups in total. The maximum Gasteiger partial charge on any atom is 0.261 e. The van der Waals surface area contributed by atoms with Crippen LogP contribution in [0.2, 0.25) is 10.0 Å². The molecular formula is C11H6Cl2N4OS. The van der Waals surface area contributed by atoms with Crippen molar-refractivity contribution < 1.29 is 4.52 Å². The van der Waals surface area contributed by atoms with E-state index in [-0.39, 0.29) is 5.89 Å². The van der Waals surface area contributed by atoms with E-state index in [2.05, 4.69) is 15.1 Å². The molecule has 3 rings (SSSR count). The molecule has 0 amide bonds. The van der Waals surface area contributed by atoms with Gasteiger partial charge in [-0.05, 0) is 12.1 Å². The average Bonchev–Trinajstić information content (AvgIpc) is 3.04. The molecule has 0 spiro atoms. The maximum absolute atomic E-state index is 6.09. The Kier molecular flexibility index (Phi) is 3.14. The lowest BCUT2D eigenvalue weighted by Gasteiger charge is -2.04. The van der Waals surface area contributed by atoms with Gasteiger partial charge in [-0.1, -0.05) is 28.4 Å². The predicted molar refractivity (Wildman–Crippen MR) is 75.3 cm³/mol. The fourth-order valence-corrected chi connectivity index (χ4v) is 2.47. The molecule has 0 saturated heterocycles. The second kappa shape index (κ2) is 4.80. The van der Waals surface area contributed by atoms with Crippen LogP contribution < -0.4 is 5.73 Å². The monoisotopic (exact) mass is 312 g/mol. The van der Waals surface area contributed by atoms with Crippen molar-refractivity contribution in [2.24, 2.45) is 0 Å². The van der Waals surface area contributed by atoms with E-state index >= 15 is 0 Å². The Bertz CT molecular complexity index is 726. The summed E-state index contributed by atoms with van der Waals surface area (Å²) in [5.74, 6) is 0.597. The molecule has 0 atom stereocenters. The van der Waals surface area contributed by atoms with Gasteiger partial charge in [0, 0.05) is 5.38 Å². The van der Waals surface area contributed by atoms with Crippen LogP contribution in [0.5, 0.6) is 0 Å². The van der Waals surface area contributed by atoms with E-state index in [1.54, 1.807) is 17.6 Å². The van der Waals surface area contributed by atoms with Crippen LogP contribution in [0, 0.1) is 0 Å². The summed E-state index contributed by atoms with van der Waals surface area (Å²) in [5, 5.41) is 6.45. The van der Waals surface area contributed by atoms with Crippen LogP contribution in [0.3, 0.4) is 0 Å². The highest BCUT2D eigenvalue weighted by Gasteiger charge is 2.18. The summed E-state index contributed by atoms with van der Waals surface area (Å²) in [5.41, 5.74) is 8.95. The highest BCUT2D eigenvalue weighted by atomic mass is 35.5. The summed E-state index contributed by atoms with van der Waals surface area (Å²) < 4.78 is 5.17. The summed E-state index contributed by atoms with van der Waals surface area (Å²) in [6.45, 7) is 0. The summed E-state index contributed by atoms with van der Waals surface area (Å²) in [6, 6.07) is 3.24. The van der Waals surface area contributed by atoms with Crippen molar-refractivity contribution in [3.63, 3.8) is 0 Å². The van der Waals surface area contributed by atoms with Crippen LogP contribution in [-0.2, 0) is 0 Å². The number of anilines is 1. The van der Waals surface area contributed by atoms with Crippen LogP contribution in [0.25, 0.3) is 23.0 Å². The molecule has 0 saturated carbocycles. The van der Waals surface area contributed by atoms with Crippen molar-refractivity contribution in [1.82, 2.24) is 15.1 Å². The van der Waals surface area contributed by atoms with Gasteiger partial charge in [0.25, 0.3) is 5.89 Å². The maximum atomic E-state index is 6.09. The first kappa shape index (κ1) is 12.4. The van der Waals surface area contributed by atoms with Gasteiger partial charge in [0.2, 0.25) is 5.82 Å². The third-order valence-corrected chi connectivity index (χ3v) is 3.67. The molecule has 0 aliphatic rings. The van der Waals surface area contributed by atoms with Crippen LogP contribution in [-0.4, -0.2) is 15.1 Å². The first-order chi connectivity index (χ1) is 9.16. The molecule has 96 valence electrons. The van der Waals surface area contributed by atoms with Gasteiger partial charge in [0.15, 0.2) is 0 Å². The number of halogens is 2. The van der Waals surface area contributed by atoms with E-state index in [9.17, 15) is 0 Å². The number of thiazole rings is 1. The fourth-order valence-electron chi connectivity index (χ4n) is 1.54. The summed E-state index contributed by atoms with van der Waals surface area (Å²) in [4.78, 5) is 8.33. The number of nitrogen functional groups attached to an aromatic ring is 1. The number of nitrogens with two attached hydrogens (primary N) is 1. The highest BCUT2D eigenvalue weighted by molar-refractivity contribution is 7.07. The van der Waals surface area contributed by atoms with Gasteiger partial charge in [-0.3, -0.25) is 0 Å². The average molecular weight is 313 g/mol. The fraction of sp³-hybridized carbons (Fsp3) is 0. The lowest BCUT2D eigenvalue weighted by molar-refractivity contribution is 0.432. The predicted octanol–water partition coefficient (Wildman–Crippen LogP) is 3.75. The topological polar surface area (TPSA) is 77.8 Å². The zero-order chi connectivity index (χ0) is 13.4. The summed E-state index contributed by atoms with van der Waals surface area (Å²) in [6.07, 6.45) is 0. The van der Waals surface area contributed by atoms with E-state index in [1.165, 1.54) is 11.3 Å². The summed E-state index contributed by atoms with van der Waals surface area (Å²) >= 11 is 13.5. The van der Waals surface area contributed by atoms with Crippen molar-refractivity contribution in [1.29, 1.82) is 0 Å². The van der Waals surface area contributed by atoms with E-state index in [1.807, 2.05) is 5.38 Å². The van der Waals surface area contributed by atoms with Gasteiger partial charge in [-0.2, -0.15) is 4.98 Å². The van der Waals surface area contributed by atoms with Crippen LogP contribution in [0.4, 0.5) is 5.69 Å². The molecule has 2 heterocycles. The quantitative estimate of drug-likeness (QED) is 0.729.